The van der Waals surface area contributed by atoms with Crippen LogP contribution >= 0.6 is 11.6 Å². The molecule has 106 valence electrons. The molecule has 0 aliphatic rings. The minimum Gasteiger partial charge on any atom is -0.490 e. The molecule has 0 aliphatic carbocycles. The van der Waals surface area contributed by atoms with Gasteiger partial charge >= 0.3 is 0 Å². The summed E-state index contributed by atoms with van der Waals surface area (Å²) in [6.07, 6.45) is 1.68. The first-order chi connectivity index (χ1) is 9.08. The van der Waals surface area contributed by atoms with Crippen LogP contribution in [0, 0.1) is 5.92 Å². The van der Waals surface area contributed by atoms with Crippen molar-refractivity contribution in [3.05, 3.63) is 22.7 Å². The number of benzene rings is 1. The van der Waals surface area contributed by atoms with E-state index in [1.54, 1.807) is 19.3 Å². The molecule has 5 heteroatoms. The Labute approximate surface area is 119 Å². The molecule has 0 bridgehead atoms. The first-order valence-corrected chi connectivity index (χ1v) is 6.75. The first-order valence-electron chi connectivity index (χ1n) is 6.37. The second-order valence-corrected chi connectivity index (χ2v) is 4.86. The van der Waals surface area contributed by atoms with Crippen molar-refractivity contribution >= 4 is 17.8 Å². The van der Waals surface area contributed by atoms with Crippen LogP contribution in [0.3, 0.4) is 0 Å². The van der Waals surface area contributed by atoms with E-state index in [1.807, 2.05) is 13.0 Å². The fourth-order valence-corrected chi connectivity index (χ4v) is 1.73. The third-order valence-electron chi connectivity index (χ3n) is 2.24. The van der Waals surface area contributed by atoms with Gasteiger partial charge in [-0.05, 0) is 30.5 Å². The summed E-state index contributed by atoms with van der Waals surface area (Å²) in [7, 11) is 1.74. The van der Waals surface area contributed by atoms with Crippen molar-refractivity contribution in [3.8, 4) is 11.5 Å². The van der Waals surface area contributed by atoms with Gasteiger partial charge in [-0.1, -0.05) is 25.4 Å². The maximum absolute atomic E-state index is 6.25. The summed E-state index contributed by atoms with van der Waals surface area (Å²) in [5.74, 6) is 1.67. The van der Waals surface area contributed by atoms with Gasteiger partial charge in [-0.25, -0.2) is 0 Å². The summed E-state index contributed by atoms with van der Waals surface area (Å²) in [6.45, 7) is 7.25. The normalized spacial score (nSPS) is 11.1. The number of nitrogens with one attached hydrogen (secondary N) is 1. The van der Waals surface area contributed by atoms with Crippen molar-refractivity contribution in [3.63, 3.8) is 0 Å². The fraction of sp³-hybridized carbons (Fsp3) is 0.500. The third-order valence-corrected chi connectivity index (χ3v) is 2.52. The van der Waals surface area contributed by atoms with Gasteiger partial charge in [0.2, 0.25) is 0 Å². The van der Waals surface area contributed by atoms with Crippen LogP contribution < -0.4 is 14.9 Å². The molecule has 0 heterocycles. The molecule has 1 rings (SSSR count). The average molecular weight is 285 g/mol. The molecule has 0 fully saturated rings. The van der Waals surface area contributed by atoms with Crippen molar-refractivity contribution in [2.24, 2.45) is 11.0 Å². The molecule has 0 saturated carbocycles. The second kappa shape index (κ2) is 7.89. The minimum atomic E-state index is 0.427. The van der Waals surface area contributed by atoms with Gasteiger partial charge in [0.25, 0.3) is 0 Å². The predicted octanol–water partition coefficient (Wildman–Crippen LogP) is 3.33. The number of hydrogen-bond donors (Lipinski definition) is 1. The summed E-state index contributed by atoms with van der Waals surface area (Å²) >= 11 is 6.25. The summed E-state index contributed by atoms with van der Waals surface area (Å²) < 4.78 is 11.3. The molecule has 1 aromatic rings. The minimum absolute atomic E-state index is 0.427. The fourth-order valence-electron chi connectivity index (χ4n) is 1.45. The van der Waals surface area contributed by atoms with Gasteiger partial charge in [-0.2, -0.15) is 5.10 Å². The second-order valence-electron chi connectivity index (χ2n) is 4.45. The van der Waals surface area contributed by atoms with E-state index in [0.717, 1.165) is 5.56 Å². The highest BCUT2D eigenvalue weighted by Gasteiger charge is 2.12. The Morgan fingerprint density at radius 2 is 2.11 bits per heavy atom. The van der Waals surface area contributed by atoms with Crippen LogP contribution in [0.25, 0.3) is 0 Å². The highest BCUT2D eigenvalue weighted by molar-refractivity contribution is 6.32. The van der Waals surface area contributed by atoms with Crippen molar-refractivity contribution in [2.75, 3.05) is 20.3 Å². The molecular weight excluding hydrogens is 264 g/mol. The molecule has 4 nitrogen and oxygen atoms in total. The maximum atomic E-state index is 6.25. The predicted molar refractivity (Wildman–Crippen MR) is 79.6 cm³/mol. The highest BCUT2D eigenvalue weighted by Crippen LogP contribution is 2.36. The van der Waals surface area contributed by atoms with Crippen LogP contribution in [-0.2, 0) is 0 Å². The maximum Gasteiger partial charge on any atom is 0.179 e. The molecule has 0 amide bonds. The van der Waals surface area contributed by atoms with E-state index in [2.05, 4.69) is 24.4 Å². The number of nitrogens with zero attached hydrogens (tertiary/aromatic N) is 1. The Bertz CT molecular complexity index is 434. The number of halogens is 1. The molecule has 0 aromatic heterocycles. The number of hydrazone groups is 1. The summed E-state index contributed by atoms with van der Waals surface area (Å²) in [5.41, 5.74) is 3.56. The number of ether oxygens (including phenoxy) is 2. The van der Waals surface area contributed by atoms with Gasteiger partial charge in [0, 0.05) is 7.05 Å². The van der Waals surface area contributed by atoms with Gasteiger partial charge in [-0.15, -0.1) is 0 Å². The molecule has 0 unspecified atom stereocenters. The summed E-state index contributed by atoms with van der Waals surface area (Å²) in [4.78, 5) is 0. The Hall–Kier alpha value is -1.42. The third kappa shape index (κ3) is 4.99. The lowest BCUT2D eigenvalue weighted by Gasteiger charge is -2.15. The van der Waals surface area contributed by atoms with Crippen LogP contribution in [0.4, 0.5) is 0 Å². The van der Waals surface area contributed by atoms with Crippen LogP contribution in [0.5, 0.6) is 11.5 Å². The zero-order chi connectivity index (χ0) is 14.3. The molecule has 0 radical (unpaired) electrons. The number of hydrogen-bond acceptors (Lipinski definition) is 4. The quantitative estimate of drug-likeness (QED) is 0.617. The van der Waals surface area contributed by atoms with E-state index in [0.29, 0.717) is 35.7 Å². The molecule has 19 heavy (non-hydrogen) atoms. The monoisotopic (exact) mass is 284 g/mol. The van der Waals surface area contributed by atoms with Crippen molar-refractivity contribution in [1.29, 1.82) is 0 Å². The van der Waals surface area contributed by atoms with E-state index in [-0.39, 0.29) is 0 Å². The van der Waals surface area contributed by atoms with Crippen molar-refractivity contribution in [2.45, 2.75) is 20.8 Å². The van der Waals surface area contributed by atoms with E-state index < -0.39 is 0 Å². The molecular formula is C14H21ClN2O2. The zero-order valence-electron chi connectivity index (χ0n) is 11.9. The molecule has 0 saturated heterocycles. The van der Waals surface area contributed by atoms with Crippen LogP contribution in [0.15, 0.2) is 17.2 Å². The van der Waals surface area contributed by atoms with Crippen LogP contribution in [0.2, 0.25) is 5.02 Å². The Morgan fingerprint density at radius 1 is 1.37 bits per heavy atom. The average Bonchev–Trinajstić information content (AvgIpc) is 2.35. The Balaban J connectivity index is 3.03. The largest absolute Gasteiger partial charge is 0.490 e. The lowest BCUT2D eigenvalue weighted by atomic mass is 10.2. The van der Waals surface area contributed by atoms with Gasteiger partial charge < -0.3 is 14.9 Å². The number of rotatable bonds is 7. The standard InChI is InChI=1S/C14H21ClN2O2/c1-5-18-13-7-11(8-17-16-4)6-12(15)14(13)19-9-10(2)3/h6-8,10,16H,5,9H2,1-4H3/b17-8+. The topological polar surface area (TPSA) is 42.8 Å². The molecule has 0 atom stereocenters. The van der Waals surface area contributed by atoms with Crippen molar-refractivity contribution < 1.29 is 9.47 Å². The summed E-state index contributed by atoms with van der Waals surface area (Å²) in [5, 5.41) is 4.49. The highest BCUT2D eigenvalue weighted by atomic mass is 35.5. The lowest BCUT2D eigenvalue weighted by molar-refractivity contribution is 0.248. The van der Waals surface area contributed by atoms with Crippen LogP contribution in [0.1, 0.15) is 26.3 Å². The SMILES string of the molecule is CCOc1cc(/C=N/NC)cc(Cl)c1OCC(C)C. The first kappa shape index (κ1) is 15.6. The van der Waals surface area contributed by atoms with E-state index in [4.69, 9.17) is 21.1 Å². The molecule has 1 N–H and O–H groups in total. The summed E-state index contributed by atoms with van der Waals surface area (Å²) in [6, 6.07) is 3.67. The zero-order valence-corrected chi connectivity index (χ0v) is 12.6. The molecule has 0 spiro atoms. The Morgan fingerprint density at radius 3 is 2.68 bits per heavy atom. The molecule has 1 aromatic carbocycles. The van der Waals surface area contributed by atoms with Gasteiger partial charge in [0.05, 0.1) is 24.5 Å². The smallest absolute Gasteiger partial charge is 0.179 e. The van der Waals surface area contributed by atoms with Gasteiger partial charge in [-0.3, -0.25) is 0 Å². The van der Waals surface area contributed by atoms with E-state index in [9.17, 15) is 0 Å². The molecule has 0 aliphatic heterocycles. The van der Waals surface area contributed by atoms with E-state index >= 15 is 0 Å². The van der Waals surface area contributed by atoms with Crippen molar-refractivity contribution in [1.82, 2.24) is 5.43 Å². The Kier molecular flexibility index (Phi) is 6.50. The van der Waals surface area contributed by atoms with Crippen LogP contribution in [-0.4, -0.2) is 26.5 Å². The van der Waals surface area contributed by atoms with Gasteiger partial charge in [0.1, 0.15) is 0 Å². The lowest BCUT2D eigenvalue weighted by Crippen LogP contribution is -2.07. The van der Waals surface area contributed by atoms with Gasteiger partial charge in [0.15, 0.2) is 11.5 Å². The van der Waals surface area contributed by atoms with E-state index in [1.165, 1.54) is 0 Å².